The largest absolute Gasteiger partial charge is 0.383 e. The zero-order valence-corrected chi connectivity index (χ0v) is 12.6. The summed E-state index contributed by atoms with van der Waals surface area (Å²) >= 11 is 10.2. The molecule has 2 heterocycles. The molecule has 2 rings (SSSR count). The molecule has 0 saturated carbocycles. The average Bonchev–Trinajstić information content (AvgIpc) is 2.96. The van der Waals surface area contributed by atoms with Crippen LogP contribution in [0.5, 0.6) is 0 Å². The third-order valence-electron chi connectivity index (χ3n) is 1.83. The van der Waals surface area contributed by atoms with E-state index in [1.54, 1.807) is 18.9 Å². The average molecular weight is 324 g/mol. The number of rotatable bonds is 7. The van der Waals surface area contributed by atoms with Gasteiger partial charge in [0.2, 0.25) is 5.13 Å². The Kier molecular flexibility index (Phi) is 5.57. The van der Waals surface area contributed by atoms with Crippen molar-refractivity contribution < 1.29 is 4.74 Å². The smallest absolute Gasteiger partial charge is 0.206 e. The molecule has 1 N–H and O–H groups in total. The Bertz CT molecular complexity index is 491. The Balaban J connectivity index is 1.81. The molecule has 10 heteroatoms. The second kappa shape index (κ2) is 7.19. The Morgan fingerprint density at radius 3 is 3.00 bits per heavy atom. The maximum Gasteiger partial charge on any atom is 0.206 e. The number of hydrogen-bond donors (Lipinski definition) is 1. The van der Waals surface area contributed by atoms with Gasteiger partial charge in [-0.05, 0) is 0 Å². The molecule has 0 aliphatic rings. The molecular weight excluding hydrogens is 314 g/mol. The van der Waals surface area contributed by atoms with Crippen molar-refractivity contribution in [3.05, 3.63) is 10.0 Å². The van der Waals surface area contributed by atoms with Crippen molar-refractivity contribution in [2.75, 3.05) is 25.6 Å². The Hall–Kier alpha value is -0.480. The summed E-state index contributed by atoms with van der Waals surface area (Å²) in [5.74, 6) is 0.655. The van der Waals surface area contributed by atoms with Crippen LogP contribution in [0.3, 0.4) is 0 Å². The quantitative estimate of drug-likeness (QED) is 0.619. The van der Waals surface area contributed by atoms with Crippen LogP contribution in [0.2, 0.25) is 4.34 Å². The van der Waals surface area contributed by atoms with Gasteiger partial charge in [0.05, 0.1) is 6.61 Å². The molecule has 98 valence electrons. The van der Waals surface area contributed by atoms with Gasteiger partial charge in [0.1, 0.15) is 10.0 Å². The predicted molar refractivity (Wildman–Crippen MR) is 74.8 cm³/mol. The minimum Gasteiger partial charge on any atom is -0.383 e. The Labute approximate surface area is 121 Å². The van der Waals surface area contributed by atoms with Crippen LogP contribution in [0, 0.1) is 0 Å². The molecule has 0 unspecified atom stereocenters. The Morgan fingerprint density at radius 1 is 1.39 bits per heavy atom. The van der Waals surface area contributed by atoms with Crippen molar-refractivity contribution in [1.82, 2.24) is 19.8 Å². The third-order valence-corrected chi connectivity index (χ3v) is 4.84. The van der Waals surface area contributed by atoms with Gasteiger partial charge in [-0.25, -0.2) is 0 Å². The van der Waals surface area contributed by atoms with E-state index >= 15 is 0 Å². The first-order valence-corrected chi connectivity index (χ1v) is 7.91. The van der Waals surface area contributed by atoms with Crippen molar-refractivity contribution >= 4 is 51.4 Å². The fraction of sp³-hybridized carbons (Fsp3) is 0.500. The lowest BCUT2D eigenvalue weighted by atomic mass is 10.6. The van der Waals surface area contributed by atoms with Crippen LogP contribution < -0.4 is 5.32 Å². The second-order valence-corrected chi connectivity index (χ2v) is 6.63. The fourth-order valence-electron chi connectivity index (χ4n) is 1.01. The molecule has 0 fully saturated rings. The number of thioether (sulfide) groups is 1. The molecule has 0 atom stereocenters. The fourth-order valence-corrected chi connectivity index (χ4v) is 3.52. The number of anilines is 1. The van der Waals surface area contributed by atoms with Crippen LogP contribution in [0.15, 0.2) is 4.34 Å². The lowest BCUT2D eigenvalue weighted by Gasteiger charge is -1.98. The van der Waals surface area contributed by atoms with Gasteiger partial charge in [0.15, 0.2) is 4.34 Å². The highest BCUT2D eigenvalue weighted by atomic mass is 35.5. The maximum atomic E-state index is 5.92. The third kappa shape index (κ3) is 4.02. The van der Waals surface area contributed by atoms with E-state index in [-0.39, 0.29) is 0 Å². The summed E-state index contributed by atoms with van der Waals surface area (Å²) < 4.78 is 10.2. The lowest BCUT2D eigenvalue weighted by molar-refractivity contribution is 0.211. The van der Waals surface area contributed by atoms with E-state index in [4.69, 9.17) is 16.3 Å². The standard InChI is InChI=1S/C8H10ClN5OS3/c1-15-3-2-10-7-12-13-8(17-7)16-4-5-6(9)18-14-11-5/h2-4H2,1H3,(H,10,12). The molecule has 0 spiro atoms. The minimum absolute atomic E-state index is 0.630. The van der Waals surface area contributed by atoms with E-state index in [1.165, 1.54) is 22.9 Å². The molecule has 0 radical (unpaired) electrons. The van der Waals surface area contributed by atoms with Gasteiger partial charge in [-0.15, -0.1) is 15.3 Å². The van der Waals surface area contributed by atoms with Crippen LogP contribution in [0.25, 0.3) is 0 Å². The van der Waals surface area contributed by atoms with Crippen molar-refractivity contribution in [3.8, 4) is 0 Å². The number of methoxy groups -OCH3 is 1. The summed E-state index contributed by atoms with van der Waals surface area (Å²) in [5.41, 5.74) is 0.788. The molecule has 0 aliphatic heterocycles. The number of aromatic nitrogens is 4. The SMILES string of the molecule is COCCNc1nnc(SCc2nnsc2Cl)s1. The van der Waals surface area contributed by atoms with E-state index < -0.39 is 0 Å². The molecule has 0 saturated heterocycles. The van der Waals surface area contributed by atoms with Crippen molar-refractivity contribution in [1.29, 1.82) is 0 Å². The molecule has 18 heavy (non-hydrogen) atoms. The van der Waals surface area contributed by atoms with Crippen LogP contribution in [0.1, 0.15) is 5.69 Å². The first-order chi connectivity index (χ1) is 8.79. The van der Waals surface area contributed by atoms with E-state index in [0.717, 1.165) is 21.7 Å². The minimum atomic E-state index is 0.630. The van der Waals surface area contributed by atoms with Crippen LogP contribution in [0.4, 0.5) is 5.13 Å². The van der Waals surface area contributed by atoms with Crippen LogP contribution in [-0.2, 0) is 10.5 Å². The van der Waals surface area contributed by atoms with Crippen molar-refractivity contribution in [2.45, 2.75) is 10.1 Å². The van der Waals surface area contributed by atoms with Crippen LogP contribution >= 0.6 is 46.2 Å². The molecule has 6 nitrogen and oxygen atoms in total. The predicted octanol–water partition coefficient (Wildman–Crippen LogP) is 2.39. The number of halogens is 1. The highest BCUT2D eigenvalue weighted by Gasteiger charge is 2.09. The van der Waals surface area contributed by atoms with Gasteiger partial charge in [0, 0.05) is 30.9 Å². The van der Waals surface area contributed by atoms with E-state index in [1.807, 2.05) is 0 Å². The lowest BCUT2D eigenvalue weighted by Crippen LogP contribution is -2.06. The number of hydrogen-bond acceptors (Lipinski definition) is 9. The molecule has 0 bridgehead atoms. The zero-order chi connectivity index (χ0) is 12.8. The van der Waals surface area contributed by atoms with Crippen molar-refractivity contribution in [2.24, 2.45) is 0 Å². The highest BCUT2D eigenvalue weighted by Crippen LogP contribution is 2.30. The van der Waals surface area contributed by atoms with Gasteiger partial charge in [0.25, 0.3) is 0 Å². The summed E-state index contributed by atoms with van der Waals surface area (Å²) in [6, 6.07) is 0. The molecule has 0 amide bonds. The maximum absolute atomic E-state index is 5.92. The molecule has 2 aromatic rings. The van der Waals surface area contributed by atoms with E-state index in [0.29, 0.717) is 16.7 Å². The topological polar surface area (TPSA) is 72.8 Å². The first-order valence-electron chi connectivity index (χ1n) is 4.95. The van der Waals surface area contributed by atoms with Gasteiger partial charge in [-0.1, -0.05) is 39.2 Å². The second-order valence-electron chi connectivity index (χ2n) is 3.07. The molecular formula is C8H10ClN5OS3. The van der Waals surface area contributed by atoms with Gasteiger partial charge in [-0.2, -0.15) is 0 Å². The summed E-state index contributed by atoms with van der Waals surface area (Å²) in [5, 5.41) is 15.9. The number of nitrogens with zero attached hydrogens (tertiary/aromatic N) is 4. The van der Waals surface area contributed by atoms with Gasteiger partial charge >= 0.3 is 0 Å². The molecule has 0 aromatic carbocycles. The van der Waals surface area contributed by atoms with E-state index in [9.17, 15) is 0 Å². The molecule has 2 aromatic heterocycles. The highest BCUT2D eigenvalue weighted by molar-refractivity contribution is 8.00. The summed E-state index contributed by atoms with van der Waals surface area (Å²) in [6.07, 6.45) is 0. The first kappa shape index (κ1) is 13.9. The van der Waals surface area contributed by atoms with Crippen molar-refractivity contribution in [3.63, 3.8) is 0 Å². The zero-order valence-electron chi connectivity index (χ0n) is 9.42. The number of ether oxygens (including phenoxy) is 1. The van der Waals surface area contributed by atoms with E-state index in [2.05, 4.69) is 25.1 Å². The summed E-state index contributed by atoms with van der Waals surface area (Å²) in [6.45, 7) is 1.36. The molecule has 0 aliphatic carbocycles. The monoisotopic (exact) mass is 323 g/mol. The summed E-state index contributed by atoms with van der Waals surface area (Å²) in [7, 11) is 1.66. The normalized spacial score (nSPS) is 10.8. The number of nitrogens with one attached hydrogen (secondary N) is 1. The Morgan fingerprint density at radius 2 is 2.28 bits per heavy atom. The van der Waals surface area contributed by atoms with Crippen LogP contribution in [-0.4, -0.2) is 40.0 Å². The van der Waals surface area contributed by atoms with Gasteiger partial charge in [-0.3, -0.25) is 0 Å². The summed E-state index contributed by atoms with van der Waals surface area (Å²) in [4.78, 5) is 0. The van der Waals surface area contributed by atoms with Gasteiger partial charge < -0.3 is 10.1 Å².